The van der Waals surface area contributed by atoms with Crippen LogP contribution in [0.5, 0.6) is 0 Å². The lowest BCUT2D eigenvalue weighted by Crippen LogP contribution is -2.38. The Hall–Kier alpha value is -2.24. The van der Waals surface area contributed by atoms with Gasteiger partial charge in [-0.3, -0.25) is 4.79 Å². The van der Waals surface area contributed by atoms with Gasteiger partial charge in [0, 0.05) is 18.5 Å². The summed E-state index contributed by atoms with van der Waals surface area (Å²) in [6, 6.07) is 5.84. The molecule has 2 aromatic rings. The van der Waals surface area contributed by atoms with E-state index in [4.69, 9.17) is 4.52 Å². The fourth-order valence-electron chi connectivity index (χ4n) is 3.24. The lowest BCUT2D eigenvalue weighted by molar-refractivity contribution is -0.135. The predicted molar refractivity (Wildman–Crippen MR) is 92.1 cm³/mol. The number of amides is 1. The SMILES string of the molecule is CCCCCC(=O)N1CCCC[C@@H]1c1nc(-c2ccc(F)cc2)no1. The lowest BCUT2D eigenvalue weighted by Gasteiger charge is -2.33. The molecule has 1 atom stereocenters. The quantitative estimate of drug-likeness (QED) is 0.723. The first kappa shape index (κ1) is 17.6. The number of benzene rings is 1. The molecule has 1 aromatic heterocycles. The van der Waals surface area contributed by atoms with Crippen molar-refractivity contribution in [3.05, 3.63) is 36.0 Å². The number of likely N-dealkylation sites (tertiary alicyclic amines) is 1. The number of rotatable bonds is 6. The summed E-state index contributed by atoms with van der Waals surface area (Å²) in [5, 5.41) is 4.01. The van der Waals surface area contributed by atoms with Gasteiger partial charge < -0.3 is 9.42 Å². The summed E-state index contributed by atoms with van der Waals surface area (Å²) in [6.45, 7) is 2.87. The van der Waals surface area contributed by atoms with Crippen molar-refractivity contribution in [1.82, 2.24) is 15.0 Å². The van der Waals surface area contributed by atoms with Gasteiger partial charge in [0.1, 0.15) is 11.9 Å². The molecule has 0 saturated carbocycles. The summed E-state index contributed by atoms with van der Waals surface area (Å²) in [6.07, 6.45) is 6.55. The van der Waals surface area contributed by atoms with Crippen molar-refractivity contribution >= 4 is 5.91 Å². The van der Waals surface area contributed by atoms with Crippen LogP contribution in [0, 0.1) is 5.82 Å². The number of carbonyl (C=O) groups excluding carboxylic acids is 1. The minimum atomic E-state index is -0.302. The second-order valence-electron chi connectivity index (χ2n) is 6.52. The van der Waals surface area contributed by atoms with Crippen LogP contribution in [0.3, 0.4) is 0 Å². The van der Waals surface area contributed by atoms with Crippen molar-refractivity contribution in [3.63, 3.8) is 0 Å². The van der Waals surface area contributed by atoms with Crippen molar-refractivity contribution in [2.24, 2.45) is 0 Å². The third-order valence-electron chi connectivity index (χ3n) is 4.65. The van der Waals surface area contributed by atoms with Gasteiger partial charge in [0.25, 0.3) is 0 Å². The number of halogens is 1. The summed E-state index contributed by atoms with van der Waals surface area (Å²) in [5.41, 5.74) is 0.702. The normalized spacial score (nSPS) is 17.7. The van der Waals surface area contributed by atoms with Crippen molar-refractivity contribution in [1.29, 1.82) is 0 Å². The van der Waals surface area contributed by atoms with Gasteiger partial charge in [0.2, 0.25) is 17.6 Å². The van der Waals surface area contributed by atoms with Gasteiger partial charge in [0.05, 0.1) is 0 Å². The van der Waals surface area contributed by atoms with Gasteiger partial charge in [0.15, 0.2) is 0 Å². The number of aromatic nitrogens is 2. The summed E-state index contributed by atoms with van der Waals surface area (Å²) in [5.74, 6) is 0.769. The van der Waals surface area contributed by atoms with Crippen molar-refractivity contribution in [3.8, 4) is 11.4 Å². The van der Waals surface area contributed by atoms with Crippen LogP contribution in [-0.2, 0) is 4.79 Å². The van der Waals surface area contributed by atoms with Crippen LogP contribution in [0.2, 0.25) is 0 Å². The lowest BCUT2D eigenvalue weighted by atomic mass is 10.0. The highest BCUT2D eigenvalue weighted by Gasteiger charge is 2.31. The van der Waals surface area contributed by atoms with Crippen molar-refractivity contribution < 1.29 is 13.7 Å². The average molecular weight is 345 g/mol. The fraction of sp³-hybridized carbons (Fsp3) is 0.526. The molecule has 1 aromatic carbocycles. The summed E-state index contributed by atoms with van der Waals surface area (Å²) in [7, 11) is 0. The molecule has 1 aliphatic rings. The van der Waals surface area contributed by atoms with Crippen LogP contribution in [0.4, 0.5) is 4.39 Å². The highest BCUT2D eigenvalue weighted by atomic mass is 19.1. The molecule has 2 heterocycles. The van der Waals surface area contributed by atoms with E-state index in [9.17, 15) is 9.18 Å². The van der Waals surface area contributed by atoms with E-state index in [0.29, 0.717) is 23.7 Å². The minimum absolute atomic E-state index is 0.149. The fourth-order valence-corrected chi connectivity index (χ4v) is 3.24. The number of piperidine rings is 1. The van der Waals surface area contributed by atoms with Gasteiger partial charge in [-0.1, -0.05) is 24.9 Å². The summed E-state index contributed by atoms with van der Waals surface area (Å²) in [4.78, 5) is 18.9. The average Bonchev–Trinajstić information content (AvgIpc) is 3.12. The predicted octanol–water partition coefficient (Wildman–Crippen LogP) is 4.51. The van der Waals surface area contributed by atoms with Gasteiger partial charge in [-0.15, -0.1) is 0 Å². The molecule has 5 nitrogen and oxygen atoms in total. The molecule has 0 radical (unpaired) electrons. The van der Waals surface area contributed by atoms with Crippen LogP contribution in [0.1, 0.15) is 63.8 Å². The summed E-state index contributed by atoms with van der Waals surface area (Å²) < 4.78 is 18.5. The van der Waals surface area contributed by atoms with E-state index in [1.54, 1.807) is 12.1 Å². The van der Waals surface area contributed by atoms with Gasteiger partial charge in [-0.05, 0) is 49.9 Å². The van der Waals surface area contributed by atoms with Gasteiger partial charge in [-0.2, -0.15) is 4.98 Å². The third-order valence-corrected chi connectivity index (χ3v) is 4.65. The molecular formula is C19H24FN3O2. The molecule has 25 heavy (non-hydrogen) atoms. The second kappa shape index (κ2) is 8.23. The zero-order valence-corrected chi connectivity index (χ0v) is 14.6. The van der Waals surface area contributed by atoms with Crippen molar-refractivity contribution in [2.75, 3.05) is 6.54 Å². The number of hydrogen-bond donors (Lipinski definition) is 0. The van der Waals surface area contributed by atoms with E-state index in [0.717, 1.165) is 45.1 Å². The highest BCUT2D eigenvalue weighted by Crippen LogP contribution is 2.31. The summed E-state index contributed by atoms with van der Waals surface area (Å²) >= 11 is 0. The molecule has 0 aliphatic carbocycles. The van der Waals surface area contributed by atoms with Crippen LogP contribution in [0.25, 0.3) is 11.4 Å². The number of hydrogen-bond acceptors (Lipinski definition) is 4. The Balaban J connectivity index is 1.74. The smallest absolute Gasteiger partial charge is 0.249 e. The molecule has 0 unspecified atom stereocenters. The van der Waals surface area contributed by atoms with Gasteiger partial charge >= 0.3 is 0 Å². The largest absolute Gasteiger partial charge is 0.337 e. The van der Waals surface area contributed by atoms with Crippen molar-refractivity contribution in [2.45, 2.75) is 57.9 Å². The molecule has 3 rings (SSSR count). The molecule has 0 N–H and O–H groups in total. The van der Waals surface area contributed by atoms with E-state index in [1.165, 1.54) is 12.1 Å². The van der Waals surface area contributed by atoms with E-state index in [2.05, 4.69) is 17.1 Å². The highest BCUT2D eigenvalue weighted by molar-refractivity contribution is 5.76. The Kier molecular flexibility index (Phi) is 5.79. The molecule has 6 heteroatoms. The maximum Gasteiger partial charge on any atom is 0.249 e. The first-order valence-corrected chi connectivity index (χ1v) is 9.08. The van der Waals surface area contributed by atoms with E-state index >= 15 is 0 Å². The molecular weight excluding hydrogens is 321 g/mol. The maximum absolute atomic E-state index is 13.1. The van der Waals surface area contributed by atoms with Crippen LogP contribution < -0.4 is 0 Å². The Morgan fingerprint density at radius 1 is 1.28 bits per heavy atom. The molecule has 0 bridgehead atoms. The third kappa shape index (κ3) is 4.24. The van der Waals surface area contributed by atoms with Crippen LogP contribution in [0.15, 0.2) is 28.8 Å². The van der Waals surface area contributed by atoms with E-state index in [1.807, 2.05) is 4.90 Å². The number of nitrogens with zero attached hydrogens (tertiary/aromatic N) is 3. The van der Waals surface area contributed by atoms with E-state index in [-0.39, 0.29) is 17.8 Å². The molecule has 1 saturated heterocycles. The zero-order valence-electron chi connectivity index (χ0n) is 14.6. The number of unbranched alkanes of at least 4 members (excludes halogenated alkanes) is 2. The first-order valence-electron chi connectivity index (χ1n) is 9.08. The molecule has 0 spiro atoms. The topological polar surface area (TPSA) is 59.2 Å². The monoisotopic (exact) mass is 345 g/mol. The standard InChI is InChI=1S/C19H24FN3O2/c1-2-3-4-8-17(24)23-13-6-5-7-16(23)19-21-18(22-25-19)14-9-11-15(20)12-10-14/h9-12,16H,2-8,13H2,1H3/t16-/m1/s1. The molecule has 1 aliphatic heterocycles. The molecule has 134 valence electrons. The Morgan fingerprint density at radius 2 is 2.08 bits per heavy atom. The second-order valence-corrected chi connectivity index (χ2v) is 6.52. The minimum Gasteiger partial charge on any atom is -0.337 e. The van der Waals surface area contributed by atoms with Crippen LogP contribution in [-0.4, -0.2) is 27.5 Å². The number of carbonyl (C=O) groups is 1. The van der Waals surface area contributed by atoms with Crippen LogP contribution >= 0.6 is 0 Å². The van der Waals surface area contributed by atoms with Gasteiger partial charge in [-0.25, -0.2) is 4.39 Å². The Morgan fingerprint density at radius 3 is 2.84 bits per heavy atom. The molecule has 1 amide bonds. The first-order chi connectivity index (χ1) is 12.2. The Labute approximate surface area is 147 Å². The maximum atomic E-state index is 13.1. The zero-order chi connectivity index (χ0) is 17.6. The Bertz CT molecular complexity index is 699. The molecule has 1 fully saturated rings. The van der Waals surface area contributed by atoms with E-state index < -0.39 is 0 Å².